The molecule has 0 saturated carbocycles. The van der Waals surface area contributed by atoms with Crippen molar-refractivity contribution in [1.29, 1.82) is 0 Å². The lowest BCUT2D eigenvalue weighted by molar-refractivity contribution is -0.125. The van der Waals surface area contributed by atoms with E-state index in [2.05, 4.69) is 21.2 Å². The molecule has 5 nitrogen and oxygen atoms in total. The van der Waals surface area contributed by atoms with Crippen LogP contribution in [0.25, 0.3) is 0 Å². The fraction of sp³-hybridized carbons (Fsp3) is 0.364. The number of anilines is 1. The molecule has 0 saturated heterocycles. The molecule has 0 aliphatic carbocycles. The summed E-state index contributed by atoms with van der Waals surface area (Å²) in [5.41, 5.74) is 0.599. The molecule has 1 aliphatic rings. The minimum Gasteiger partial charge on any atom is -0.495 e. The average Bonchev–Trinajstić information content (AvgIpc) is 2.30. The summed E-state index contributed by atoms with van der Waals surface area (Å²) in [6.07, 6.45) is -0.618. The first-order chi connectivity index (χ1) is 8.15. The molecule has 1 aromatic rings. The van der Waals surface area contributed by atoms with Gasteiger partial charge in [0, 0.05) is 19.2 Å². The van der Waals surface area contributed by atoms with Crippen LogP contribution in [0.1, 0.15) is 0 Å². The number of carbonyl (C=O) groups is 1. The normalized spacial score (nSPS) is 18.1. The second kappa shape index (κ2) is 4.93. The van der Waals surface area contributed by atoms with Gasteiger partial charge in [0.1, 0.15) is 11.5 Å². The number of nitrogens with one attached hydrogen (secondary N) is 1. The molecule has 0 spiro atoms. The number of ether oxygens (including phenoxy) is 3. The summed E-state index contributed by atoms with van der Waals surface area (Å²) >= 11 is 3.36. The van der Waals surface area contributed by atoms with Gasteiger partial charge in [0.15, 0.2) is 0 Å². The van der Waals surface area contributed by atoms with Crippen LogP contribution in [-0.2, 0) is 9.53 Å². The Morgan fingerprint density at radius 1 is 1.47 bits per heavy atom. The molecule has 1 N–H and O–H groups in total. The van der Waals surface area contributed by atoms with E-state index in [9.17, 15) is 4.79 Å². The van der Waals surface area contributed by atoms with Crippen LogP contribution in [0.15, 0.2) is 16.6 Å². The third-order valence-electron chi connectivity index (χ3n) is 2.39. The van der Waals surface area contributed by atoms with Crippen molar-refractivity contribution in [3.05, 3.63) is 16.6 Å². The molecule has 1 aliphatic heterocycles. The minimum absolute atomic E-state index is 0.217. The predicted octanol–water partition coefficient (Wildman–Crippen LogP) is 1.80. The molecule has 1 unspecified atom stereocenters. The molecule has 1 atom stereocenters. The molecule has 0 radical (unpaired) electrons. The van der Waals surface area contributed by atoms with Crippen molar-refractivity contribution in [1.82, 2.24) is 0 Å². The fourth-order valence-corrected chi connectivity index (χ4v) is 2.05. The summed E-state index contributed by atoms with van der Waals surface area (Å²) in [6, 6.07) is 3.47. The van der Waals surface area contributed by atoms with Gasteiger partial charge in [0.2, 0.25) is 6.10 Å². The molecular formula is C11H12BrNO4. The molecule has 17 heavy (non-hydrogen) atoms. The Labute approximate surface area is 107 Å². The molecule has 1 heterocycles. The highest BCUT2D eigenvalue weighted by atomic mass is 79.9. The van der Waals surface area contributed by atoms with E-state index in [1.807, 2.05) is 0 Å². The van der Waals surface area contributed by atoms with E-state index in [0.29, 0.717) is 17.2 Å². The van der Waals surface area contributed by atoms with Gasteiger partial charge in [0.05, 0.1) is 23.9 Å². The van der Waals surface area contributed by atoms with Gasteiger partial charge in [-0.2, -0.15) is 0 Å². The summed E-state index contributed by atoms with van der Waals surface area (Å²) in [5.74, 6) is 1.01. The van der Waals surface area contributed by atoms with Crippen LogP contribution in [-0.4, -0.2) is 32.8 Å². The van der Waals surface area contributed by atoms with Gasteiger partial charge >= 0.3 is 0 Å². The molecule has 6 heteroatoms. The Morgan fingerprint density at radius 3 is 2.88 bits per heavy atom. The maximum absolute atomic E-state index is 11.7. The number of benzene rings is 1. The SMILES string of the molecule is COCC1Oc2cc(Br)c(OC)cc2NC1=O. The molecule has 0 aromatic heterocycles. The van der Waals surface area contributed by atoms with Crippen molar-refractivity contribution in [2.24, 2.45) is 0 Å². The quantitative estimate of drug-likeness (QED) is 0.925. The zero-order valence-electron chi connectivity index (χ0n) is 9.45. The summed E-state index contributed by atoms with van der Waals surface area (Å²) in [7, 11) is 3.09. The lowest BCUT2D eigenvalue weighted by Crippen LogP contribution is -2.40. The van der Waals surface area contributed by atoms with Gasteiger partial charge in [0.25, 0.3) is 5.91 Å². The van der Waals surface area contributed by atoms with E-state index in [-0.39, 0.29) is 12.5 Å². The standard InChI is InChI=1S/C11H12BrNO4/c1-15-5-10-11(14)13-7-4-8(16-2)6(12)3-9(7)17-10/h3-4,10H,5H2,1-2H3,(H,13,14). The second-order valence-electron chi connectivity index (χ2n) is 3.53. The number of amides is 1. The summed E-state index contributed by atoms with van der Waals surface area (Å²) in [5, 5.41) is 2.75. The van der Waals surface area contributed by atoms with Crippen LogP contribution >= 0.6 is 15.9 Å². The van der Waals surface area contributed by atoms with Gasteiger partial charge in [-0.15, -0.1) is 0 Å². The minimum atomic E-state index is -0.618. The first-order valence-corrected chi connectivity index (χ1v) is 5.79. The number of hydrogen-bond acceptors (Lipinski definition) is 4. The Morgan fingerprint density at radius 2 is 2.24 bits per heavy atom. The molecule has 92 valence electrons. The van der Waals surface area contributed by atoms with E-state index < -0.39 is 6.10 Å². The zero-order valence-corrected chi connectivity index (χ0v) is 11.0. The van der Waals surface area contributed by atoms with Crippen molar-refractivity contribution < 1.29 is 19.0 Å². The topological polar surface area (TPSA) is 56.8 Å². The van der Waals surface area contributed by atoms with Crippen molar-refractivity contribution in [2.75, 3.05) is 26.1 Å². The zero-order chi connectivity index (χ0) is 12.4. The average molecular weight is 302 g/mol. The number of rotatable bonds is 3. The van der Waals surface area contributed by atoms with Crippen LogP contribution < -0.4 is 14.8 Å². The Bertz CT molecular complexity index is 449. The van der Waals surface area contributed by atoms with Gasteiger partial charge in [-0.1, -0.05) is 0 Å². The lowest BCUT2D eigenvalue weighted by atomic mass is 10.2. The number of hydrogen-bond donors (Lipinski definition) is 1. The van der Waals surface area contributed by atoms with Gasteiger partial charge in [-0.3, -0.25) is 4.79 Å². The van der Waals surface area contributed by atoms with Gasteiger partial charge in [-0.05, 0) is 15.9 Å². The van der Waals surface area contributed by atoms with Crippen LogP contribution in [0.5, 0.6) is 11.5 Å². The molecule has 1 aromatic carbocycles. The third-order valence-corrected chi connectivity index (χ3v) is 3.01. The van der Waals surface area contributed by atoms with E-state index in [1.165, 1.54) is 7.11 Å². The molecule has 1 amide bonds. The monoisotopic (exact) mass is 301 g/mol. The van der Waals surface area contributed by atoms with E-state index in [4.69, 9.17) is 14.2 Å². The summed E-state index contributed by atoms with van der Waals surface area (Å²) in [6.45, 7) is 0.217. The van der Waals surface area contributed by atoms with Gasteiger partial charge in [-0.25, -0.2) is 0 Å². The highest BCUT2D eigenvalue weighted by molar-refractivity contribution is 9.10. The van der Waals surface area contributed by atoms with Gasteiger partial charge < -0.3 is 19.5 Å². The Hall–Kier alpha value is -1.27. The molecule has 0 fully saturated rings. The highest BCUT2D eigenvalue weighted by Crippen LogP contribution is 2.38. The van der Waals surface area contributed by atoms with E-state index in [0.717, 1.165) is 4.47 Å². The smallest absolute Gasteiger partial charge is 0.267 e. The van der Waals surface area contributed by atoms with Crippen molar-refractivity contribution in [2.45, 2.75) is 6.10 Å². The van der Waals surface area contributed by atoms with E-state index >= 15 is 0 Å². The number of halogens is 1. The first kappa shape index (κ1) is 12.2. The number of methoxy groups -OCH3 is 2. The fourth-order valence-electron chi connectivity index (χ4n) is 1.57. The molecule has 0 bridgehead atoms. The Kier molecular flexibility index (Phi) is 3.54. The third kappa shape index (κ3) is 2.37. The van der Waals surface area contributed by atoms with Crippen LogP contribution in [0.4, 0.5) is 5.69 Å². The van der Waals surface area contributed by atoms with Crippen LogP contribution in [0.3, 0.4) is 0 Å². The Balaban J connectivity index is 2.32. The lowest BCUT2D eigenvalue weighted by Gasteiger charge is -2.26. The van der Waals surface area contributed by atoms with Crippen LogP contribution in [0.2, 0.25) is 0 Å². The largest absolute Gasteiger partial charge is 0.495 e. The number of fused-ring (bicyclic) bond motifs is 1. The maximum Gasteiger partial charge on any atom is 0.267 e. The predicted molar refractivity (Wildman–Crippen MR) is 65.6 cm³/mol. The van der Waals surface area contributed by atoms with Crippen molar-refractivity contribution in [3.63, 3.8) is 0 Å². The number of carbonyl (C=O) groups excluding carboxylic acids is 1. The van der Waals surface area contributed by atoms with E-state index in [1.54, 1.807) is 19.2 Å². The van der Waals surface area contributed by atoms with Crippen molar-refractivity contribution >= 4 is 27.5 Å². The molecular weight excluding hydrogens is 290 g/mol. The second-order valence-corrected chi connectivity index (χ2v) is 4.39. The first-order valence-electron chi connectivity index (χ1n) is 4.99. The summed E-state index contributed by atoms with van der Waals surface area (Å²) < 4.78 is 16.4. The maximum atomic E-state index is 11.7. The van der Waals surface area contributed by atoms with Crippen molar-refractivity contribution in [3.8, 4) is 11.5 Å². The van der Waals surface area contributed by atoms with Crippen LogP contribution in [0, 0.1) is 0 Å². The molecule has 2 rings (SSSR count). The highest BCUT2D eigenvalue weighted by Gasteiger charge is 2.28. The summed E-state index contributed by atoms with van der Waals surface area (Å²) in [4.78, 5) is 11.7.